The van der Waals surface area contributed by atoms with Crippen LogP contribution in [0.5, 0.6) is 0 Å². The molecule has 0 aliphatic heterocycles. The fourth-order valence-electron chi connectivity index (χ4n) is 7.40. The van der Waals surface area contributed by atoms with Crippen LogP contribution in [-0.4, -0.2) is 19.5 Å². The van der Waals surface area contributed by atoms with Crippen LogP contribution in [0.25, 0.3) is 106 Å². The highest BCUT2D eigenvalue weighted by molar-refractivity contribution is 6.10. The molecule has 2 aromatic heterocycles. The van der Waals surface area contributed by atoms with Crippen molar-refractivity contribution in [2.24, 2.45) is 0 Å². The van der Waals surface area contributed by atoms with Crippen LogP contribution < -0.4 is 0 Å². The standard InChI is InChI=1S/C57H38N4/c1-5-17-39(18-6-1)43-25-15-27-45(35-43)46-32-34-53(61-52-30-14-13-29-49(52)50-33-31-47(38-54(50)61)41-21-9-3-10-22-41)51(37-46)57-59-55(42-23-11-4-12-24-42)58-56(60-57)48-28-16-26-44(36-48)40-19-7-2-8-20-40/h1-38H/i1D,3D,5D,6D,9D,10D,13D,14D,17D,18D,21D,22D,29D,30D,31D,33D,38D. The third-order valence-corrected chi connectivity index (χ3v) is 10.3. The van der Waals surface area contributed by atoms with Crippen molar-refractivity contribution in [3.05, 3.63) is 230 Å². The summed E-state index contributed by atoms with van der Waals surface area (Å²) in [4.78, 5) is 15.2. The van der Waals surface area contributed by atoms with E-state index >= 15 is 0 Å². The van der Waals surface area contributed by atoms with Crippen LogP contribution in [0.15, 0.2) is 230 Å². The maximum atomic E-state index is 10.0. The molecule has 2 heterocycles. The first-order chi connectivity index (χ1) is 37.3. The summed E-state index contributed by atoms with van der Waals surface area (Å²) < 4.78 is 153. The third-order valence-electron chi connectivity index (χ3n) is 10.3. The Hall–Kier alpha value is -8.21. The second-order valence-corrected chi connectivity index (χ2v) is 14.0. The second kappa shape index (κ2) is 15.5. The molecule has 11 aromatic rings. The summed E-state index contributed by atoms with van der Waals surface area (Å²) in [5.41, 5.74) is 2.88. The van der Waals surface area contributed by atoms with E-state index in [0.29, 0.717) is 27.8 Å². The number of aromatic nitrogens is 4. The Bertz CT molecular complexity index is 4300. The summed E-state index contributed by atoms with van der Waals surface area (Å²) in [5, 5.41) is -0.473. The van der Waals surface area contributed by atoms with Crippen LogP contribution in [0.2, 0.25) is 0 Å². The molecule has 0 radical (unpaired) electrons. The van der Waals surface area contributed by atoms with Gasteiger partial charge < -0.3 is 4.57 Å². The normalized spacial score (nSPS) is 15.2. The number of benzene rings is 9. The van der Waals surface area contributed by atoms with Crippen molar-refractivity contribution < 1.29 is 23.3 Å². The summed E-state index contributed by atoms with van der Waals surface area (Å²) in [6.45, 7) is 0. The fourth-order valence-corrected chi connectivity index (χ4v) is 7.40. The molecule has 0 spiro atoms. The lowest BCUT2D eigenvalue weighted by molar-refractivity contribution is 1.06. The number of para-hydroxylation sites is 1. The zero-order valence-corrected chi connectivity index (χ0v) is 31.9. The summed E-state index contributed by atoms with van der Waals surface area (Å²) in [5.74, 6) is 0.456. The molecule has 0 unspecified atom stereocenters. The summed E-state index contributed by atoms with van der Waals surface area (Å²) >= 11 is 0. The van der Waals surface area contributed by atoms with E-state index in [4.69, 9.17) is 31.4 Å². The summed E-state index contributed by atoms with van der Waals surface area (Å²) in [7, 11) is 0. The molecule has 11 rings (SSSR count). The third kappa shape index (κ3) is 6.86. The summed E-state index contributed by atoms with van der Waals surface area (Å²) in [6, 6.07) is 27.4. The van der Waals surface area contributed by atoms with E-state index in [1.165, 1.54) is 4.57 Å². The number of fused-ring (bicyclic) bond motifs is 3. The molecule has 0 bridgehead atoms. The van der Waals surface area contributed by atoms with E-state index < -0.39 is 114 Å². The van der Waals surface area contributed by atoms with Gasteiger partial charge in [-0.05, 0) is 80.9 Å². The first-order valence-corrected chi connectivity index (χ1v) is 19.2. The lowest BCUT2D eigenvalue weighted by atomic mass is 9.97. The number of nitrogens with zero attached hydrogens (tertiary/aromatic N) is 4. The first kappa shape index (κ1) is 22.2. The van der Waals surface area contributed by atoms with Crippen molar-refractivity contribution in [3.63, 3.8) is 0 Å². The van der Waals surface area contributed by atoms with Crippen molar-refractivity contribution in [1.29, 1.82) is 0 Å². The largest absolute Gasteiger partial charge is 0.308 e. The average Bonchev–Trinajstić information content (AvgIpc) is 3.93. The molecule has 286 valence electrons. The molecular formula is C57H38N4. The molecule has 0 N–H and O–H groups in total. The Morgan fingerprint density at radius 2 is 0.836 bits per heavy atom. The van der Waals surface area contributed by atoms with Crippen LogP contribution in [0, 0.1) is 0 Å². The molecule has 4 nitrogen and oxygen atoms in total. The SMILES string of the molecule is [2H]c1c([2H])c([2H])c(-c2cccc(-c3ccc(-n4c5c([2H])c([2H])c([2H])c([2H])c5c5c([2H])c([2H])c(-c6c([2H])c([2H])c([2H])c([2H])c6[2H])c([2H])c54)c(-c4nc(-c5ccccc5)nc(-c5cccc(-c6ccccc6)c5)n4)c3)c2)c([2H])c1[2H]. The summed E-state index contributed by atoms with van der Waals surface area (Å²) in [6.07, 6.45) is 0. The van der Waals surface area contributed by atoms with Crippen molar-refractivity contribution in [3.8, 4) is 84.4 Å². The highest BCUT2D eigenvalue weighted by Crippen LogP contribution is 2.40. The predicted octanol–water partition coefficient (Wildman–Crippen LogP) is 14.6. The Kier molecular flexibility index (Phi) is 5.66. The van der Waals surface area contributed by atoms with Gasteiger partial charge in [0.25, 0.3) is 0 Å². The quantitative estimate of drug-likeness (QED) is 0.154. The van der Waals surface area contributed by atoms with Crippen LogP contribution in [-0.2, 0) is 0 Å². The molecule has 0 aliphatic rings. The predicted molar refractivity (Wildman–Crippen MR) is 252 cm³/mol. The molecular weight excluding hydrogens is 741 g/mol. The van der Waals surface area contributed by atoms with Crippen molar-refractivity contribution in [2.75, 3.05) is 0 Å². The molecule has 0 amide bonds. The van der Waals surface area contributed by atoms with Gasteiger partial charge in [-0.1, -0.05) is 194 Å². The number of hydrogen-bond acceptors (Lipinski definition) is 3. The smallest absolute Gasteiger partial charge is 0.166 e. The highest BCUT2D eigenvalue weighted by Gasteiger charge is 2.21. The molecule has 0 saturated carbocycles. The molecule has 0 atom stereocenters. The fraction of sp³-hybridized carbons (Fsp3) is 0. The van der Waals surface area contributed by atoms with Gasteiger partial charge in [0.15, 0.2) is 17.5 Å². The van der Waals surface area contributed by atoms with E-state index in [9.17, 15) is 6.85 Å². The van der Waals surface area contributed by atoms with Gasteiger partial charge in [0.1, 0.15) is 0 Å². The first-order valence-electron chi connectivity index (χ1n) is 27.7. The molecule has 0 aliphatic carbocycles. The van der Waals surface area contributed by atoms with Gasteiger partial charge in [0.05, 0.1) is 40.0 Å². The van der Waals surface area contributed by atoms with Crippen LogP contribution in [0.4, 0.5) is 0 Å². The van der Waals surface area contributed by atoms with Crippen molar-refractivity contribution >= 4 is 21.8 Å². The van der Waals surface area contributed by atoms with Gasteiger partial charge in [0, 0.05) is 27.5 Å². The van der Waals surface area contributed by atoms with Gasteiger partial charge in [-0.25, -0.2) is 15.0 Å². The monoisotopic (exact) mass is 795 g/mol. The van der Waals surface area contributed by atoms with E-state index in [1.807, 2.05) is 84.9 Å². The topological polar surface area (TPSA) is 43.6 Å². The maximum Gasteiger partial charge on any atom is 0.166 e. The van der Waals surface area contributed by atoms with Crippen LogP contribution >= 0.6 is 0 Å². The molecule has 9 aromatic carbocycles. The zero-order chi connectivity index (χ0) is 55.3. The van der Waals surface area contributed by atoms with Gasteiger partial charge in [0.2, 0.25) is 0 Å². The Labute approximate surface area is 378 Å². The number of hydrogen-bond donors (Lipinski definition) is 0. The minimum Gasteiger partial charge on any atom is -0.308 e. The molecule has 61 heavy (non-hydrogen) atoms. The minimum absolute atomic E-state index is 0.0130. The maximum absolute atomic E-state index is 10.0. The Morgan fingerprint density at radius 3 is 1.56 bits per heavy atom. The minimum atomic E-state index is -0.751. The van der Waals surface area contributed by atoms with E-state index in [-0.39, 0.29) is 56.1 Å². The Balaban J connectivity index is 1.29. The lowest BCUT2D eigenvalue weighted by Gasteiger charge is -2.17. The van der Waals surface area contributed by atoms with E-state index in [1.54, 1.807) is 42.5 Å². The second-order valence-electron chi connectivity index (χ2n) is 14.0. The van der Waals surface area contributed by atoms with Crippen molar-refractivity contribution in [2.45, 2.75) is 0 Å². The lowest BCUT2D eigenvalue weighted by Crippen LogP contribution is -2.04. The van der Waals surface area contributed by atoms with Gasteiger partial charge in [-0.3, -0.25) is 0 Å². The Morgan fingerprint density at radius 1 is 0.328 bits per heavy atom. The number of rotatable bonds is 8. The molecule has 0 saturated heterocycles. The highest BCUT2D eigenvalue weighted by atomic mass is 15.1. The van der Waals surface area contributed by atoms with Crippen LogP contribution in [0.3, 0.4) is 0 Å². The van der Waals surface area contributed by atoms with Gasteiger partial charge in [-0.2, -0.15) is 0 Å². The van der Waals surface area contributed by atoms with E-state index in [2.05, 4.69) is 0 Å². The molecule has 0 fully saturated rings. The average molecular weight is 796 g/mol. The van der Waals surface area contributed by atoms with E-state index in [0.717, 1.165) is 11.1 Å². The van der Waals surface area contributed by atoms with Crippen LogP contribution in [0.1, 0.15) is 23.3 Å². The zero-order valence-electron chi connectivity index (χ0n) is 48.9. The van der Waals surface area contributed by atoms with Crippen molar-refractivity contribution in [1.82, 2.24) is 19.5 Å². The van der Waals surface area contributed by atoms with Gasteiger partial charge in [-0.15, -0.1) is 0 Å². The molecule has 4 heteroatoms. The van der Waals surface area contributed by atoms with Gasteiger partial charge >= 0.3 is 0 Å².